The fourth-order valence-corrected chi connectivity index (χ4v) is 8.57. The Morgan fingerprint density at radius 1 is 0.981 bits per heavy atom. The van der Waals surface area contributed by atoms with Gasteiger partial charge in [-0.2, -0.15) is 5.10 Å². The van der Waals surface area contributed by atoms with Gasteiger partial charge in [-0.1, -0.05) is 63.9 Å². The first-order valence-electron chi connectivity index (χ1n) is 18.2. The van der Waals surface area contributed by atoms with E-state index in [4.69, 9.17) is 46.4 Å². The van der Waals surface area contributed by atoms with Crippen molar-refractivity contribution in [2.75, 3.05) is 37.3 Å². The molecule has 0 bridgehead atoms. The molecule has 14 heteroatoms. The molecule has 6 rings (SSSR count). The molecule has 3 atom stereocenters. The quantitative estimate of drug-likeness (QED) is 0.0722. The van der Waals surface area contributed by atoms with Crippen molar-refractivity contribution < 1.29 is 23.3 Å². The lowest BCUT2D eigenvalue weighted by atomic mass is 9.81. The van der Waals surface area contributed by atoms with E-state index >= 15 is 4.39 Å². The van der Waals surface area contributed by atoms with Crippen LogP contribution >= 0.6 is 11.6 Å². The minimum atomic E-state index is -1.25. The topological polar surface area (TPSA) is 109 Å². The summed E-state index contributed by atoms with van der Waals surface area (Å²) in [5.74, 6) is -0.225. The molecular weight excluding hydrogens is 715 g/mol. The maximum Gasteiger partial charge on any atom is 0.164 e. The Labute approximate surface area is 313 Å². The lowest BCUT2D eigenvalue weighted by Crippen LogP contribution is -2.34. The summed E-state index contributed by atoms with van der Waals surface area (Å²) in [6.45, 7) is 22.3. The van der Waals surface area contributed by atoms with E-state index in [0.29, 0.717) is 50.4 Å². The van der Waals surface area contributed by atoms with E-state index in [-0.39, 0.29) is 28.9 Å². The molecule has 282 valence electrons. The molecule has 3 aromatic heterocycles. The summed E-state index contributed by atoms with van der Waals surface area (Å²) < 4.78 is 42.8. The van der Waals surface area contributed by atoms with Gasteiger partial charge in [0.25, 0.3) is 0 Å². The van der Waals surface area contributed by atoms with Gasteiger partial charge in [-0.3, -0.25) is 0 Å². The van der Waals surface area contributed by atoms with E-state index in [0.717, 1.165) is 40.3 Å². The largest absolute Gasteiger partial charge is 0.382 e. The van der Waals surface area contributed by atoms with Crippen LogP contribution in [-0.2, 0) is 25.4 Å². The van der Waals surface area contributed by atoms with Gasteiger partial charge in [-0.15, -0.1) is 0 Å². The zero-order chi connectivity index (χ0) is 37.6. The van der Waals surface area contributed by atoms with Crippen LogP contribution in [0.15, 0.2) is 42.7 Å². The molecule has 1 aliphatic carbocycles. The Morgan fingerprint density at radius 3 is 2.31 bits per heavy atom. The fourth-order valence-electron chi connectivity index (χ4n) is 6.91. The number of ether oxygens (including phenoxy) is 4. The second-order valence-electron chi connectivity index (χ2n) is 17.4. The average molecular weight is 770 g/mol. The molecule has 2 aliphatic rings. The normalized spacial score (nSPS) is 21.6. The number of hydrogen-bond acceptors (Lipinski definition) is 9. The van der Waals surface area contributed by atoms with Crippen LogP contribution in [0.4, 0.5) is 16.0 Å². The van der Waals surface area contributed by atoms with E-state index in [9.17, 15) is 0 Å². The minimum absolute atomic E-state index is 0.182. The summed E-state index contributed by atoms with van der Waals surface area (Å²) in [5.41, 5.74) is 9.59. The molecular formula is C38H54ClFN6O4Si2. The molecule has 10 nitrogen and oxygen atoms in total. The Kier molecular flexibility index (Phi) is 11.0. The van der Waals surface area contributed by atoms with Crippen LogP contribution in [0.5, 0.6) is 0 Å². The summed E-state index contributed by atoms with van der Waals surface area (Å²) in [5, 5.41) is 5.32. The molecule has 0 spiro atoms. The van der Waals surface area contributed by atoms with Gasteiger partial charge in [0.2, 0.25) is 0 Å². The third-order valence-corrected chi connectivity index (χ3v) is 13.6. The van der Waals surface area contributed by atoms with Crippen LogP contribution in [0.25, 0.3) is 22.0 Å². The second-order valence-corrected chi connectivity index (χ2v) is 29.1. The zero-order valence-electron chi connectivity index (χ0n) is 32.1. The van der Waals surface area contributed by atoms with E-state index in [1.165, 1.54) is 6.07 Å². The molecule has 4 heterocycles. The maximum absolute atomic E-state index is 15.2. The van der Waals surface area contributed by atoms with E-state index < -0.39 is 27.3 Å². The van der Waals surface area contributed by atoms with Crippen molar-refractivity contribution in [2.24, 2.45) is 5.41 Å². The zero-order valence-corrected chi connectivity index (χ0v) is 34.8. The van der Waals surface area contributed by atoms with Crippen molar-refractivity contribution in [3.63, 3.8) is 0 Å². The molecule has 0 unspecified atom stereocenters. The van der Waals surface area contributed by atoms with Gasteiger partial charge in [0.15, 0.2) is 11.6 Å². The van der Waals surface area contributed by atoms with Crippen LogP contribution in [0, 0.1) is 11.2 Å². The van der Waals surface area contributed by atoms with Gasteiger partial charge in [0.1, 0.15) is 49.1 Å². The van der Waals surface area contributed by atoms with Gasteiger partial charge < -0.3 is 29.6 Å². The molecule has 1 aromatic carbocycles. The third-order valence-electron chi connectivity index (χ3n) is 9.93. The van der Waals surface area contributed by atoms with Crippen LogP contribution in [0.1, 0.15) is 38.4 Å². The van der Waals surface area contributed by atoms with Gasteiger partial charge in [-0.05, 0) is 74.7 Å². The van der Waals surface area contributed by atoms with Crippen LogP contribution in [0.3, 0.4) is 0 Å². The van der Waals surface area contributed by atoms with Crippen molar-refractivity contribution >= 4 is 61.4 Å². The predicted octanol–water partition coefficient (Wildman–Crippen LogP) is 8.64. The van der Waals surface area contributed by atoms with Crippen LogP contribution in [0.2, 0.25) is 56.4 Å². The fraction of sp³-hybridized carbons (Fsp3) is 0.553. The van der Waals surface area contributed by atoms with Crippen molar-refractivity contribution in [3.05, 3.63) is 64.8 Å². The molecule has 0 amide bonds. The van der Waals surface area contributed by atoms with Crippen molar-refractivity contribution in [1.82, 2.24) is 19.6 Å². The number of hydrogen-bond donors (Lipinski definition) is 1. The Hall–Kier alpha value is -2.92. The number of nitrogen functional groups attached to an aromatic ring is 1. The first-order valence-corrected chi connectivity index (χ1v) is 26.0. The van der Waals surface area contributed by atoms with E-state index in [1.54, 1.807) is 12.4 Å². The highest BCUT2D eigenvalue weighted by molar-refractivity contribution is 6.76. The number of anilines is 2. The standard InChI is InChI=1S/C38H54ClFN6O4Si2/c1-37(2)49-33-27(21-38(3,34(33)50-37)13-12-25-18-29(40)26-20-28(39)35(41)44-30(26)19-25)31-10-11-32-36(42-22-43-46(31)32)45(23-47-14-16-51(4,5)6)24-48-15-17-52(7,8)9/h10-11,18-22,33-34H,12-17,23-24H2,1-9H3,(H2,41,44)/t33-,34-,38-/m0/s1. The number of halogens is 2. The first-order chi connectivity index (χ1) is 24.3. The monoisotopic (exact) mass is 768 g/mol. The van der Waals surface area contributed by atoms with E-state index in [1.807, 2.05) is 24.4 Å². The molecule has 52 heavy (non-hydrogen) atoms. The van der Waals surface area contributed by atoms with Gasteiger partial charge >= 0.3 is 0 Å². The summed E-state index contributed by atoms with van der Waals surface area (Å²) in [4.78, 5) is 11.1. The summed E-state index contributed by atoms with van der Waals surface area (Å²) in [6, 6.07) is 11.3. The summed E-state index contributed by atoms with van der Waals surface area (Å²) in [7, 11) is -2.50. The minimum Gasteiger partial charge on any atom is -0.382 e. The maximum atomic E-state index is 15.2. The summed E-state index contributed by atoms with van der Waals surface area (Å²) in [6.07, 6.45) is 4.55. The van der Waals surface area contributed by atoms with Crippen molar-refractivity contribution in [3.8, 4) is 0 Å². The highest BCUT2D eigenvalue weighted by Crippen LogP contribution is 2.52. The van der Waals surface area contributed by atoms with Crippen LogP contribution in [-0.4, -0.2) is 80.4 Å². The second kappa shape index (κ2) is 14.7. The molecule has 2 N–H and O–H groups in total. The smallest absolute Gasteiger partial charge is 0.164 e. The van der Waals surface area contributed by atoms with E-state index in [2.05, 4.69) is 74.3 Å². The van der Waals surface area contributed by atoms with Crippen molar-refractivity contribution in [1.29, 1.82) is 0 Å². The van der Waals surface area contributed by atoms with Gasteiger partial charge in [-0.25, -0.2) is 18.9 Å². The molecule has 4 aromatic rings. The number of nitrogens with two attached hydrogens (primary N) is 1. The summed E-state index contributed by atoms with van der Waals surface area (Å²) >= 11 is 6.13. The lowest BCUT2D eigenvalue weighted by molar-refractivity contribution is -0.153. The molecule has 0 saturated carbocycles. The number of aromatic nitrogens is 4. The third kappa shape index (κ3) is 8.72. The number of rotatable bonds is 15. The molecule has 1 fully saturated rings. The SMILES string of the molecule is CC1(C)O[C@H]2C(c3ccc4c(N(COCC[Si](C)(C)C)COCC[Si](C)(C)C)ncnn34)=C[C@](C)(CCc3cc(F)c4cc(Cl)c(N)nc4c3)[C@H]2O1. The number of nitrogens with zero attached hydrogens (tertiary/aromatic N) is 5. The molecule has 1 saturated heterocycles. The highest BCUT2D eigenvalue weighted by Gasteiger charge is 2.55. The number of benzene rings is 1. The van der Waals surface area contributed by atoms with Gasteiger partial charge in [0.05, 0.1) is 16.2 Å². The Bertz CT molecular complexity index is 1940. The lowest BCUT2D eigenvalue weighted by Gasteiger charge is -2.30. The molecule has 0 radical (unpaired) electrons. The Morgan fingerprint density at radius 2 is 1.65 bits per heavy atom. The number of fused-ring (bicyclic) bond motifs is 3. The Balaban J connectivity index is 1.29. The van der Waals surface area contributed by atoms with Crippen LogP contribution < -0.4 is 10.6 Å². The highest BCUT2D eigenvalue weighted by atomic mass is 35.5. The average Bonchev–Trinajstić information content (AvgIpc) is 3.69. The van der Waals surface area contributed by atoms with Gasteiger partial charge in [0, 0.05) is 45.7 Å². The number of pyridine rings is 1. The first kappa shape index (κ1) is 38.8. The predicted molar refractivity (Wildman–Crippen MR) is 213 cm³/mol. The molecule has 1 aliphatic heterocycles. The van der Waals surface area contributed by atoms with Crippen molar-refractivity contribution in [2.45, 2.75) is 103 Å². The number of aryl methyl sites for hydroxylation is 1.